The first-order chi connectivity index (χ1) is 11.5. The Morgan fingerprint density at radius 1 is 1.33 bits per heavy atom. The summed E-state index contributed by atoms with van der Waals surface area (Å²) < 4.78 is 5.36. The molecule has 1 atom stereocenters. The van der Waals surface area contributed by atoms with E-state index in [1.165, 1.54) is 0 Å². The highest BCUT2D eigenvalue weighted by molar-refractivity contribution is 8.00. The molecule has 24 heavy (non-hydrogen) atoms. The second-order valence-electron chi connectivity index (χ2n) is 6.01. The van der Waals surface area contributed by atoms with E-state index in [0.717, 1.165) is 11.3 Å². The predicted octanol–water partition coefficient (Wildman–Crippen LogP) is 3.19. The lowest BCUT2D eigenvalue weighted by Crippen LogP contribution is -2.30. The maximum atomic E-state index is 12.2. The topological polar surface area (TPSA) is 62.6 Å². The van der Waals surface area contributed by atoms with Gasteiger partial charge < -0.3 is 14.6 Å². The van der Waals surface area contributed by atoms with Crippen LogP contribution in [-0.2, 0) is 11.3 Å². The number of carbonyl (C=O) groups excluding carboxylic acids is 2. The van der Waals surface area contributed by atoms with Gasteiger partial charge in [-0.2, -0.15) is 0 Å². The normalized spacial score (nSPS) is 17.5. The lowest BCUT2D eigenvalue weighted by Gasteiger charge is -2.23. The summed E-state index contributed by atoms with van der Waals surface area (Å²) in [5.74, 6) is 1.24. The van der Waals surface area contributed by atoms with Gasteiger partial charge in [0.15, 0.2) is 0 Å². The Morgan fingerprint density at radius 3 is 2.71 bits per heavy atom. The van der Waals surface area contributed by atoms with Crippen LogP contribution in [0.4, 0.5) is 0 Å². The van der Waals surface area contributed by atoms with E-state index in [1.54, 1.807) is 18.0 Å². The van der Waals surface area contributed by atoms with E-state index < -0.39 is 0 Å². The largest absolute Gasteiger partial charge is 0.467 e. The van der Waals surface area contributed by atoms with E-state index >= 15 is 0 Å². The smallest absolute Gasteiger partial charge is 0.251 e. The molecule has 0 unspecified atom stereocenters. The molecule has 1 aliphatic rings. The Hall–Kier alpha value is -2.21. The van der Waals surface area contributed by atoms with Crippen LogP contribution in [0.15, 0.2) is 47.1 Å². The lowest BCUT2D eigenvalue weighted by atomic mass is 10.1. The summed E-state index contributed by atoms with van der Waals surface area (Å²) in [5, 5.41) is 2.82. The molecule has 0 radical (unpaired) electrons. The fraction of sp³-hybridized carbons (Fsp3) is 0.333. The van der Waals surface area contributed by atoms with Gasteiger partial charge in [-0.1, -0.05) is 12.1 Å². The number of thioether (sulfide) groups is 1. The van der Waals surface area contributed by atoms with Gasteiger partial charge in [0.2, 0.25) is 5.91 Å². The first-order valence-corrected chi connectivity index (χ1v) is 8.94. The molecule has 1 aliphatic heterocycles. The summed E-state index contributed by atoms with van der Waals surface area (Å²) in [6.45, 7) is 4.32. The number of amides is 2. The average Bonchev–Trinajstić information content (AvgIpc) is 3.18. The number of carbonyl (C=O) groups is 2. The van der Waals surface area contributed by atoms with E-state index in [2.05, 4.69) is 5.32 Å². The Bertz CT molecular complexity index is 710. The number of benzene rings is 1. The molecule has 0 bridgehead atoms. The number of rotatable bonds is 5. The summed E-state index contributed by atoms with van der Waals surface area (Å²) in [7, 11) is 0. The molecule has 1 N–H and O–H groups in total. The molecule has 5 nitrogen and oxygen atoms in total. The minimum Gasteiger partial charge on any atom is -0.467 e. The van der Waals surface area contributed by atoms with Crippen molar-refractivity contribution in [1.82, 2.24) is 10.2 Å². The van der Waals surface area contributed by atoms with Gasteiger partial charge in [0.1, 0.15) is 11.1 Å². The molecule has 2 aromatic rings. The minimum atomic E-state index is -0.0841. The third kappa shape index (κ3) is 3.64. The highest BCUT2D eigenvalue weighted by Gasteiger charge is 2.33. The molecule has 6 heteroatoms. The third-order valence-corrected chi connectivity index (χ3v) is 5.01. The molecular weight excluding hydrogens is 324 g/mol. The van der Waals surface area contributed by atoms with Gasteiger partial charge in [-0.25, -0.2) is 0 Å². The van der Waals surface area contributed by atoms with E-state index in [9.17, 15) is 9.59 Å². The predicted molar refractivity (Wildman–Crippen MR) is 93.5 cm³/mol. The van der Waals surface area contributed by atoms with Gasteiger partial charge in [0.05, 0.1) is 18.6 Å². The Labute approximate surface area is 145 Å². The number of hydrogen-bond donors (Lipinski definition) is 1. The van der Waals surface area contributed by atoms with Gasteiger partial charge in [-0.3, -0.25) is 9.59 Å². The van der Waals surface area contributed by atoms with E-state index in [4.69, 9.17) is 4.42 Å². The molecule has 2 heterocycles. The molecule has 2 amide bonds. The van der Waals surface area contributed by atoms with Crippen LogP contribution in [0.3, 0.4) is 0 Å². The van der Waals surface area contributed by atoms with Gasteiger partial charge >= 0.3 is 0 Å². The minimum absolute atomic E-state index is 0.0511. The van der Waals surface area contributed by atoms with Crippen LogP contribution in [0.2, 0.25) is 0 Å². The Morgan fingerprint density at radius 2 is 2.08 bits per heavy atom. The average molecular weight is 344 g/mol. The van der Waals surface area contributed by atoms with Crippen molar-refractivity contribution >= 4 is 23.6 Å². The zero-order valence-electron chi connectivity index (χ0n) is 13.7. The highest BCUT2D eigenvalue weighted by atomic mass is 32.2. The van der Waals surface area contributed by atoms with Crippen LogP contribution in [0.1, 0.15) is 40.9 Å². The van der Waals surface area contributed by atoms with Gasteiger partial charge in [-0.05, 0) is 43.7 Å². The molecule has 0 saturated carbocycles. The van der Waals surface area contributed by atoms with Crippen molar-refractivity contribution in [3.63, 3.8) is 0 Å². The van der Waals surface area contributed by atoms with Crippen LogP contribution in [0, 0.1) is 0 Å². The molecule has 0 spiro atoms. The van der Waals surface area contributed by atoms with Gasteiger partial charge in [0, 0.05) is 11.6 Å². The second-order valence-corrected chi connectivity index (χ2v) is 7.08. The third-order valence-electron chi connectivity index (χ3n) is 3.75. The number of nitrogens with one attached hydrogen (secondary N) is 1. The zero-order valence-corrected chi connectivity index (χ0v) is 14.5. The summed E-state index contributed by atoms with van der Waals surface area (Å²) in [4.78, 5) is 26.0. The van der Waals surface area contributed by atoms with Crippen LogP contribution in [0.5, 0.6) is 0 Å². The van der Waals surface area contributed by atoms with Crippen LogP contribution >= 0.6 is 11.8 Å². The van der Waals surface area contributed by atoms with Crippen molar-refractivity contribution in [1.29, 1.82) is 0 Å². The quantitative estimate of drug-likeness (QED) is 0.905. The van der Waals surface area contributed by atoms with Crippen LogP contribution in [0.25, 0.3) is 0 Å². The van der Waals surface area contributed by atoms with E-state index in [1.807, 2.05) is 55.1 Å². The van der Waals surface area contributed by atoms with Crippen molar-refractivity contribution < 1.29 is 14.0 Å². The van der Waals surface area contributed by atoms with Crippen LogP contribution < -0.4 is 5.32 Å². The molecule has 1 aromatic heterocycles. The van der Waals surface area contributed by atoms with Crippen molar-refractivity contribution in [2.75, 3.05) is 5.75 Å². The van der Waals surface area contributed by atoms with E-state index in [-0.39, 0.29) is 23.2 Å². The van der Waals surface area contributed by atoms with Crippen molar-refractivity contribution in [2.24, 2.45) is 0 Å². The molecule has 126 valence electrons. The fourth-order valence-electron chi connectivity index (χ4n) is 2.62. The van der Waals surface area contributed by atoms with E-state index in [0.29, 0.717) is 17.9 Å². The Balaban J connectivity index is 1.75. The lowest BCUT2D eigenvalue weighted by molar-refractivity contribution is -0.128. The first-order valence-electron chi connectivity index (χ1n) is 7.89. The monoisotopic (exact) mass is 344 g/mol. The molecule has 1 aromatic carbocycles. The van der Waals surface area contributed by atoms with Gasteiger partial charge in [-0.15, -0.1) is 11.8 Å². The Kier molecular flexibility index (Phi) is 4.94. The molecule has 1 fully saturated rings. The fourth-order valence-corrected chi connectivity index (χ4v) is 3.80. The second kappa shape index (κ2) is 7.13. The summed E-state index contributed by atoms with van der Waals surface area (Å²) in [5.41, 5.74) is 1.64. The highest BCUT2D eigenvalue weighted by Crippen LogP contribution is 2.39. The zero-order chi connectivity index (χ0) is 17.1. The van der Waals surface area contributed by atoms with Crippen molar-refractivity contribution in [2.45, 2.75) is 31.8 Å². The number of nitrogens with zero attached hydrogens (tertiary/aromatic N) is 1. The molecule has 1 saturated heterocycles. The molecule has 3 rings (SSSR count). The molecular formula is C18H20N2O3S. The van der Waals surface area contributed by atoms with Crippen LogP contribution in [-0.4, -0.2) is 28.5 Å². The summed E-state index contributed by atoms with van der Waals surface area (Å²) in [6.07, 6.45) is 1.61. The number of furan rings is 1. The molecule has 0 aliphatic carbocycles. The number of hydrogen-bond acceptors (Lipinski definition) is 4. The van der Waals surface area contributed by atoms with Gasteiger partial charge in [0.25, 0.3) is 5.91 Å². The maximum Gasteiger partial charge on any atom is 0.251 e. The summed E-state index contributed by atoms with van der Waals surface area (Å²) >= 11 is 1.59. The standard InChI is InChI=1S/C18H20N2O3S/c1-12(2)19-17(22)13-5-7-14(8-6-13)18-20(16(21)11-24-18)10-15-4-3-9-23-15/h3-9,12,18H,10-11H2,1-2H3,(H,19,22)/t18-/m1/s1. The summed E-state index contributed by atoms with van der Waals surface area (Å²) in [6, 6.07) is 11.2. The first kappa shape index (κ1) is 16.6. The SMILES string of the molecule is CC(C)NC(=O)c1ccc([C@H]2SCC(=O)N2Cc2ccco2)cc1. The van der Waals surface area contributed by atoms with Crippen molar-refractivity contribution in [3.8, 4) is 0 Å². The maximum absolute atomic E-state index is 12.2. The van der Waals surface area contributed by atoms with Crippen molar-refractivity contribution in [3.05, 3.63) is 59.5 Å².